The maximum absolute atomic E-state index is 10.6. The Morgan fingerprint density at radius 3 is 2.45 bits per heavy atom. The maximum atomic E-state index is 10.6. The van der Waals surface area contributed by atoms with E-state index in [1.807, 2.05) is 0 Å². The molecule has 0 aromatic rings. The molecule has 0 unspecified atom stereocenters. The summed E-state index contributed by atoms with van der Waals surface area (Å²) >= 11 is 15.9. The van der Waals surface area contributed by atoms with Gasteiger partial charge in [-0.3, -0.25) is 0 Å². The van der Waals surface area contributed by atoms with Crippen LogP contribution in [0.15, 0.2) is 12.2 Å². The molecule has 0 fully saturated rings. The molecule has 0 heterocycles. The second kappa shape index (κ2) is 4.86. The summed E-state index contributed by atoms with van der Waals surface area (Å²) in [5.74, 6) is -0.515. The molecule has 0 aliphatic carbocycles. The Labute approximate surface area is 80.1 Å². The maximum Gasteiger partial charge on any atom is 0.330 e. The van der Waals surface area contributed by atoms with E-state index in [0.717, 1.165) is 0 Å². The zero-order valence-corrected chi connectivity index (χ0v) is 8.08. The first-order valence-corrected chi connectivity index (χ1v) is 3.95. The SMILES string of the molecule is CC=CC(=O)OCC(Cl)(Cl)Cl. The summed E-state index contributed by atoms with van der Waals surface area (Å²) in [4.78, 5) is 10.6. The van der Waals surface area contributed by atoms with Gasteiger partial charge in [-0.05, 0) is 6.92 Å². The van der Waals surface area contributed by atoms with Crippen LogP contribution in [0, 0.1) is 0 Å². The van der Waals surface area contributed by atoms with Gasteiger partial charge in [-0.1, -0.05) is 40.9 Å². The molecule has 0 N–H and O–H groups in total. The lowest BCUT2D eigenvalue weighted by Gasteiger charge is -2.09. The average Bonchev–Trinajstić information content (AvgIpc) is 1.83. The van der Waals surface area contributed by atoms with E-state index in [4.69, 9.17) is 34.8 Å². The Hall–Kier alpha value is 0.0800. The minimum absolute atomic E-state index is 0.235. The summed E-state index contributed by atoms with van der Waals surface area (Å²) in [6, 6.07) is 0. The van der Waals surface area contributed by atoms with Crippen LogP contribution in [0.1, 0.15) is 6.92 Å². The van der Waals surface area contributed by atoms with Crippen molar-refractivity contribution in [1.82, 2.24) is 0 Å². The molecule has 0 atom stereocenters. The number of carbonyl (C=O) groups is 1. The van der Waals surface area contributed by atoms with Crippen molar-refractivity contribution in [3.63, 3.8) is 0 Å². The Balaban J connectivity index is 3.63. The zero-order valence-electron chi connectivity index (χ0n) is 5.81. The van der Waals surface area contributed by atoms with Crippen molar-refractivity contribution in [2.75, 3.05) is 6.61 Å². The molecule has 0 spiro atoms. The molecule has 0 aliphatic heterocycles. The molecule has 0 radical (unpaired) electrons. The number of halogens is 3. The Kier molecular flexibility index (Phi) is 4.89. The molecule has 64 valence electrons. The van der Waals surface area contributed by atoms with Gasteiger partial charge >= 0.3 is 5.97 Å². The first-order valence-electron chi connectivity index (χ1n) is 2.82. The van der Waals surface area contributed by atoms with Crippen molar-refractivity contribution in [3.05, 3.63) is 12.2 Å². The third-order valence-electron chi connectivity index (χ3n) is 0.681. The molecule has 0 aromatic heterocycles. The van der Waals surface area contributed by atoms with Crippen molar-refractivity contribution in [2.45, 2.75) is 10.7 Å². The number of esters is 1. The largest absolute Gasteiger partial charge is 0.458 e. The molecule has 0 amide bonds. The van der Waals surface area contributed by atoms with Gasteiger partial charge in [-0.2, -0.15) is 0 Å². The van der Waals surface area contributed by atoms with E-state index in [2.05, 4.69) is 4.74 Å². The zero-order chi connectivity index (χ0) is 8.91. The highest BCUT2D eigenvalue weighted by atomic mass is 35.6. The monoisotopic (exact) mass is 216 g/mol. The first-order chi connectivity index (χ1) is 4.95. The molecule has 0 aliphatic rings. The van der Waals surface area contributed by atoms with Crippen LogP contribution in [0.2, 0.25) is 0 Å². The van der Waals surface area contributed by atoms with Gasteiger partial charge < -0.3 is 4.74 Å². The normalized spacial score (nSPS) is 12.0. The van der Waals surface area contributed by atoms with E-state index in [-0.39, 0.29) is 6.61 Å². The van der Waals surface area contributed by atoms with Crippen LogP contribution in [-0.2, 0) is 9.53 Å². The van der Waals surface area contributed by atoms with Gasteiger partial charge in [0.1, 0.15) is 6.61 Å². The summed E-state index contributed by atoms with van der Waals surface area (Å²) < 4.78 is 2.99. The van der Waals surface area contributed by atoms with Crippen LogP contribution in [0.3, 0.4) is 0 Å². The Bertz CT molecular complexity index is 160. The number of carbonyl (C=O) groups excluding carboxylic acids is 1. The summed E-state index contributed by atoms with van der Waals surface area (Å²) in [5.41, 5.74) is 0. The highest BCUT2D eigenvalue weighted by Gasteiger charge is 2.21. The Morgan fingerprint density at radius 2 is 2.09 bits per heavy atom. The molecule has 0 rings (SSSR count). The highest BCUT2D eigenvalue weighted by Crippen LogP contribution is 2.25. The van der Waals surface area contributed by atoms with Crippen molar-refractivity contribution in [1.29, 1.82) is 0 Å². The van der Waals surface area contributed by atoms with Gasteiger partial charge in [0, 0.05) is 6.08 Å². The van der Waals surface area contributed by atoms with Gasteiger partial charge in [-0.15, -0.1) is 0 Å². The predicted octanol–water partition coefficient (Wildman–Crippen LogP) is 2.48. The fourth-order valence-electron chi connectivity index (χ4n) is 0.337. The molecule has 0 aromatic carbocycles. The lowest BCUT2D eigenvalue weighted by molar-refractivity contribution is -0.137. The smallest absolute Gasteiger partial charge is 0.330 e. The topological polar surface area (TPSA) is 26.3 Å². The lowest BCUT2D eigenvalue weighted by Crippen LogP contribution is -2.15. The molecule has 0 saturated carbocycles. The molecule has 5 heteroatoms. The van der Waals surface area contributed by atoms with Crippen LogP contribution in [0.4, 0.5) is 0 Å². The van der Waals surface area contributed by atoms with Crippen molar-refractivity contribution < 1.29 is 9.53 Å². The number of allylic oxidation sites excluding steroid dienone is 1. The summed E-state index contributed by atoms with van der Waals surface area (Å²) in [6.45, 7) is 1.46. The van der Waals surface area contributed by atoms with Gasteiger partial charge in [0.25, 0.3) is 0 Å². The minimum Gasteiger partial charge on any atom is -0.458 e. The second-order valence-electron chi connectivity index (χ2n) is 1.72. The molecule has 0 bridgehead atoms. The van der Waals surface area contributed by atoms with Crippen molar-refractivity contribution in [3.8, 4) is 0 Å². The first kappa shape index (κ1) is 11.1. The molecule has 11 heavy (non-hydrogen) atoms. The van der Waals surface area contributed by atoms with Gasteiger partial charge in [0.15, 0.2) is 0 Å². The van der Waals surface area contributed by atoms with E-state index >= 15 is 0 Å². The summed E-state index contributed by atoms with van der Waals surface area (Å²) in [5, 5.41) is 0. The lowest BCUT2D eigenvalue weighted by atomic mass is 10.5. The van der Waals surface area contributed by atoms with E-state index in [1.165, 1.54) is 6.08 Å². The second-order valence-corrected chi connectivity index (χ2v) is 4.24. The van der Waals surface area contributed by atoms with Gasteiger partial charge in [-0.25, -0.2) is 4.79 Å². The van der Waals surface area contributed by atoms with Crippen molar-refractivity contribution in [2.24, 2.45) is 0 Å². The van der Waals surface area contributed by atoms with E-state index in [9.17, 15) is 4.79 Å². The fraction of sp³-hybridized carbons (Fsp3) is 0.500. The number of rotatable bonds is 2. The minimum atomic E-state index is -1.53. The van der Waals surface area contributed by atoms with E-state index in [0.29, 0.717) is 0 Å². The molecule has 0 saturated heterocycles. The third-order valence-corrected chi connectivity index (χ3v) is 1.01. The number of hydrogen-bond donors (Lipinski definition) is 0. The molecular formula is C6H7Cl3O2. The van der Waals surface area contributed by atoms with Crippen LogP contribution >= 0.6 is 34.8 Å². The van der Waals surface area contributed by atoms with Crippen LogP contribution < -0.4 is 0 Å². The van der Waals surface area contributed by atoms with E-state index < -0.39 is 9.76 Å². The summed E-state index contributed by atoms with van der Waals surface area (Å²) in [6.07, 6.45) is 2.79. The number of hydrogen-bond acceptors (Lipinski definition) is 2. The van der Waals surface area contributed by atoms with Gasteiger partial charge in [0.05, 0.1) is 0 Å². The van der Waals surface area contributed by atoms with Crippen LogP contribution in [0.5, 0.6) is 0 Å². The molecular weight excluding hydrogens is 210 g/mol. The highest BCUT2D eigenvalue weighted by molar-refractivity contribution is 6.67. The predicted molar refractivity (Wildman–Crippen MR) is 46.1 cm³/mol. The summed E-state index contributed by atoms with van der Waals surface area (Å²) in [7, 11) is 0. The quantitative estimate of drug-likeness (QED) is 0.403. The van der Waals surface area contributed by atoms with Crippen molar-refractivity contribution >= 4 is 40.8 Å². The Morgan fingerprint density at radius 1 is 1.55 bits per heavy atom. The number of ether oxygens (including phenoxy) is 1. The van der Waals surface area contributed by atoms with Gasteiger partial charge in [0.2, 0.25) is 3.79 Å². The molecule has 2 nitrogen and oxygen atoms in total. The average molecular weight is 217 g/mol. The van der Waals surface area contributed by atoms with Crippen LogP contribution in [-0.4, -0.2) is 16.4 Å². The number of alkyl halides is 3. The van der Waals surface area contributed by atoms with Crippen LogP contribution in [0.25, 0.3) is 0 Å². The third kappa shape index (κ3) is 7.98. The standard InChI is InChI=1S/C6H7Cl3O2/c1-2-3-5(10)11-4-6(7,8)9/h2-3H,4H2,1H3. The van der Waals surface area contributed by atoms with E-state index in [1.54, 1.807) is 13.0 Å². The fourth-order valence-corrected chi connectivity index (χ4v) is 0.501.